The number of aliphatic hydroxyl groups is 1. The van der Waals surface area contributed by atoms with Crippen molar-refractivity contribution in [2.75, 3.05) is 0 Å². The minimum Gasteiger partial charge on any atom is -0.460 e. The van der Waals surface area contributed by atoms with Crippen LogP contribution >= 0.6 is 0 Å². The molecule has 4 heteroatoms. The maximum atomic E-state index is 13.2. The molecule has 0 saturated heterocycles. The summed E-state index contributed by atoms with van der Waals surface area (Å²) in [4.78, 5) is 11.6. The van der Waals surface area contributed by atoms with Gasteiger partial charge in [-0.05, 0) is 63.8 Å². The Hall–Kier alpha value is -1.42. The van der Waals surface area contributed by atoms with Gasteiger partial charge in [-0.2, -0.15) is 0 Å². The van der Waals surface area contributed by atoms with Crippen LogP contribution in [0, 0.1) is 5.82 Å². The quantitative estimate of drug-likeness (QED) is 0.840. The highest BCUT2D eigenvalue weighted by Crippen LogP contribution is 2.21. The number of aryl methyl sites for hydroxylation is 1. The molecule has 1 rings (SSSR count). The largest absolute Gasteiger partial charge is 0.460 e. The fraction of sp³-hybridized carbons (Fsp3) is 0.562. The molecular weight excluding hydrogens is 259 g/mol. The summed E-state index contributed by atoms with van der Waals surface area (Å²) in [7, 11) is 0. The van der Waals surface area contributed by atoms with Crippen molar-refractivity contribution in [3.05, 3.63) is 35.1 Å². The fourth-order valence-electron chi connectivity index (χ4n) is 2.01. The van der Waals surface area contributed by atoms with E-state index in [-0.39, 0.29) is 18.2 Å². The first-order chi connectivity index (χ1) is 9.19. The molecule has 20 heavy (non-hydrogen) atoms. The Kier molecular flexibility index (Phi) is 5.69. The molecule has 112 valence electrons. The Morgan fingerprint density at radius 1 is 1.40 bits per heavy atom. The summed E-state index contributed by atoms with van der Waals surface area (Å²) < 4.78 is 18.5. The second-order valence-electron chi connectivity index (χ2n) is 5.96. The average molecular weight is 282 g/mol. The first-order valence-corrected chi connectivity index (χ1v) is 6.87. The van der Waals surface area contributed by atoms with E-state index in [1.807, 2.05) is 20.8 Å². The number of aliphatic hydroxyl groups excluding tert-OH is 1. The highest BCUT2D eigenvalue weighted by molar-refractivity contribution is 5.69. The monoisotopic (exact) mass is 282 g/mol. The number of halogens is 1. The van der Waals surface area contributed by atoms with Crippen molar-refractivity contribution in [1.82, 2.24) is 0 Å². The molecule has 0 radical (unpaired) electrons. The topological polar surface area (TPSA) is 46.5 Å². The molecule has 0 amide bonds. The van der Waals surface area contributed by atoms with Gasteiger partial charge in [0.1, 0.15) is 11.4 Å². The molecule has 1 aromatic carbocycles. The highest BCUT2D eigenvalue weighted by atomic mass is 19.1. The summed E-state index contributed by atoms with van der Waals surface area (Å²) in [6, 6.07) is 4.33. The van der Waals surface area contributed by atoms with E-state index in [1.54, 1.807) is 13.0 Å². The van der Waals surface area contributed by atoms with Crippen LogP contribution in [0.4, 0.5) is 4.39 Å². The van der Waals surface area contributed by atoms with E-state index >= 15 is 0 Å². The third-order valence-corrected chi connectivity index (χ3v) is 2.80. The molecule has 0 aliphatic heterocycles. The number of carbonyl (C=O) groups is 1. The van der Waals surface area contributed by atoms with Gasteiger partial charge in [0.15, 0.2) is 0 Å². The summed E-state index contributed by atoms with van der Waals surface area (Å²) >= 11 is 0. The SMILES string of the molecule is C[C@H](O)c1ccc(F)cc1CCCC(=O)OC(C)(C)C. The van der Waals surface area contributed by atoms with Crippen molar-refractivity contribution in [3.63, 3.8) is 0 Å². The fourth-order valence-corrected chi connectivity index (χ4v) is 2.01. The number of rotatable bonds is 5. The van der Waals surface area contributed by atoms with E-state index in [2.05, 4.69) is 0 Å². The molecule has 0 saturated carbocycles. The standard InChI is InChI=1S/C16H23FO3/c1-11(18)14-9-8-13(17)10-12(14)6-5-7-15(19)20-16(2,3)4/h8-11,18H,5-7H2,1-4H3/t11-/m0/s1. The molecule has 0 unspecified atom stereocenters. The molecule has 0 aliphatic carbocycles. The van der Waals surface area contributed by atoms with Crippen LogP contribution in [-0.2, 0) is 16.0 Å². The molecule has 1 N–H and O–H groups in total. The number of hydrogen-bond donors (Lipinski definition) is 1. The molecule has 0 fully saturated rings. The second kappa shape index (κ2) is 6.84. The van der Waals surface area contributed by atoms with Gasteiger partial charge in [0.2, 0.25) is 0 Å². The normalized spacial score (nSPS) is 13.1. The van der Waals surface area contributed by atoms with Crippen LogP contribution in [0.25, 0.3) is 0 Å². The minimum atomic E-state index is -0.646. The van der Waals surface area contributed by atoms with Crippen LogP contribution in [0.3, 0.4) is 0 Å². The van der Waals surface area contributed by atoms with Crippen LogP contribution in [0.15, 0.2) is 18.2 Å². The Morgan fingerprint density at radius 2 is 2.05 bits per heavy atom. The van der Waals surface area contributed by atoms with Crippen LogP contribution < -0.4 is 0 Å². The maximum absolute atomic E-state index is 13.2. The summed E-state index contributed by atoms with van der Waals surface area (Å²) in [5.41, 5.74) is 0.958. The smallest absolute Gasteiger partial charge is 0.306 e. The Morgan fingerprint density at radius 3 is 2.60 bits per heavy atom. The maximum Gasteiger partial charge on any atom is 0.306 e. The highest BCUT2D eigenvalue weighted by Gasteiger charge is 2.16. The molecular formula is C16H23FO3. The summed E-state index contributed by atoms with van der Waals surface area (Å²) in [5, 5.41) is 9.64. The van der Waals surface area contributed by atoms with Crippen LogP contribution in [0.1, 0.15) is 57.8 Å². The number of esters is 1. The number of hydrogen-bond acceptors (Lipinski definition) is 3. The average Bonchev–Trinajstić information content (AvgIpc) is 2.26. The third kappa shape index (κ3) is 5.70. The number of carbonyl (C=O) groups excluding carboxylic acids is 1. The van der Waals surface area contributed by atoms with Gasteiger partial charge in [-0.1, -0.05) is 6.07 Å². The summed E-state index contributed by atoms with van der Waals surface area (Å²) in [5.74, 6) is -0.589. The van der Waals surface area contributed by atoms with Crippen LogP contribution in [0.2, 0.25) is 0 Å². The molecule has 3 nitrogen and oxygen atoms in total. The number of ether oxygens (including phenoxy) is 1. The Balaban J connectivity index is 2.58. The van der Waals surface area contributed by atoms with E-state index < -0.39 is 11.7 Å². The Labute approximate surface area is 119 Å². The first kappa shape index (κ1) is 16.6. The van der Waals surface area contributed by atoms with Gasteiger partial charge in [-0.3, -0.25) is 4.79 Å². The van der Waals surface area contributed by atoms with Crippen molar-refractivity contribution in [2.45, 2.75) is 58.7 Å². The molecule has 0 bridgehead atoms. The zero-order valence-electron chi connectivity index (χ0n) is 12.6. The number of benzene rings is 1. The van der Waals surface area contributed by atoms with Crippen molar-refractivity contribution < 1.29 is 19.0 Å². The zero-order valence-corrected chi connectivity index (χ0v) is 12.6. The van der Waals surface area contributed by atoms with E-state index in [4.69, 9.17) is 4.74 Å². The van der Waals surface area contributed by atoms with E-state index in [0.29, 0.717) is 18.4 Å². The molecule has 0 aromatic heterocycles. The predicted octanol–water partition coefficient (Wildman–Crippen LogP) is 3.54. The van der Waals surface area contributed by atoms with Gasteiger partial charge in [0.25, 0.3) is 0 Å². The van der Waals surface area contributed by atoms with E-state index in [1.165, 1.54) is 12.1 Å². The van der Waals surface area contributed by atoms with Gasteiger partial charge < -0.3 is 9.84 Å². The van der Waals surface area contributed by atoms with Crippen molar-refractivity contribution in [2.24, 2.45) is 0 Å². The lowest BCUT2D eigenvalue weighted by Gasteiger charge is -2.19. The Bertz CT molecular complexity index is 461. The lowest BCUT2D eigenvalue weighted by Crippen LogP contribution is -2.23. The van der Waals surface area contributed by atoms with Crippen LogP contribution in [-0.4, -0.2) is 16.7 Å². The van der Waals surface area contributed by atoms with Gasteiger partial charge in [0.05, 0.1) is 6.10 Å². The minimum absolute atomic E-state index is 0.257. The third-order valence-electron chi connectivity index (χ3n) is 2.80. The molecule has 1 aromatic rings. The molecule has 0 heterocycles. The summed E-state index contributed by atoms with van der Waals surface area (Å²) in [6.07, 6.45) is 0.745. The van der Waals surface area contributed by atoms with Gasteiger partial charge >= 0.3 is 5.97 Å². The van der Waals surface area contributed by atoms with Crippen LogP contribution in [0.5, 0.6) is 0 Å². The first-order valence-electron chi connectivity index (χ1n) is 6.87. The van der Waals surface area contributed by atoms with Crippen molar-refractivity contribution in [1.29, 1.82) is 0 Å². The van der Waals surface area contributed by atoms with E-state index in [0.717, 1.165) is 5.56 Å². The second-order valence-corrected chi connectivity index (χ2v) is 5.96. The van der Waals surface area contributed by atoms with E-state index in [9.17, 15) is 14.3 Å². The predicted molar refractivity (Wildman–Crippen MR) is 75.8 cm³/mol. The van der Waals surface area contributed by atoms with Gasteiger partial charge in [-0.25, -0.2) is 4.39 Å². The summed E-state index contributed by atoms with van der Waals surface area (Å²) in [6.45, 7) is 7.11. The lowest BCUT2D eigenvalue weighted by atomic mass is 9.98. The lowest BCUT2D eigenvalue weighted by molar-refractivity contribution is -0.154. The van der Waals surface area contributed by atoms with Crippen molar-refractivity contribution in [3.8, 4) is 0 Å². The van der Waals surface area contributed by atoms with Gasteiger partial charge in [-0.15, -0.1) is 0 Å². The molecule has 0 aliphatic rings. The zero-order chi connectivity index (χ0) is 15.3. The molecule has 0 spiro atoms. The van der Waals surface area contributed by atoms with Crippen molar-refractivity contribution >= 4 is 5.97 Å². The van der Waals surface area contributed by atoms with Gasteiger partial charge in [0, 0.05) is 6.42 Å². The molecule has 1 atom stereocenters.